The van der Waals surface area contributed by atoms with Crippen molar-refractivity contribution in [2.24, 2.45) is 0 Å². The summed E-state index contributed by atoms with van der Waals surface area (Å²) in [5.41, 5.74) is 1.91. The summed E-state index contributed by atoms with van der Waals surface area (Å²) in [6, 6.07) is 8.98. The van der Waals surface area contributed by atoms with E-state index in [1.807, 2.05) is 12.1 Å². The second-order valence-electron chi connectivity index (χ2n) is 6.75. The summed E-state index contributed by atoms with van der Waals surface area (Å²) in [4.78, 5) is 32.8. The minimum atomic E-state index is -0.482. The highest BCUT2D eigenvalue weighted by Gasteiger charge is 2.29. The maximum Gasteiger partial charge on any atom is 0.255 e. The number of carbonyl (C=O) groups excluding carboxylic acids is 2. The van der Waals surface area contributed by atoms with Crippen LogP contribution in [-0.4, -0.2) is 52.5 Å². The largest absolute Gasteiger partial charge is 0.391 e. The van der Waals surface area contributed by atoms with Crippen LogP contribution in [0.15, 0.2) is 36.5 Å². The van der Waals surface area contributed by atoms with Crippen molar-refractivity contribution in [2.45, 2.75) is 19.1 Å². The molecule has 3 heterocycles. The molecule has 1 atom stereocenters. The van der Waals surface area contributed by atoms with E-state index in [1.165, 1.54) is 6.20 Å². The lowest BCUT2D eigenvalue weighted by atomic mass is 10.1. The molecule has 0 unspecified atom stereocenters. The van der Waals surface area contributed by atoms with Gasteiger partial charge in [0, 0.05) is 24.3 Å². The average Bonchev–Trinajstić information content (AvgIpc) is 3.11. The maximum atomic E-state index is 12.7. The molecule has 2 aliphatic heterocycles. The van der Waals surface area contributed by atoms with Crippen LogP contribution < -0.4 is 10.2 Å². The van der Waals surface area contributed by atoms with Crippen molar-refractivity contribution >= 4 is 34.9 Å². The van der Waals surface area contributed by atoms with Crippen LogP contribution in [0.2, 0.25) is 5.02 Å². The highest BCUT2D eigenvalue weighted by molar-refractivity contribution is 6.30. The number of carbonyl (C=O) groups is 2. The first-order valence-electron chi connectivity index (χ1n) is 8.77. The van der Waals surface area contributed by atoms with Crippen molar-refractivity contribution in [3.8, 4) is 0 Å². The summed E-state index contributed by atoms with van der Waals surface area (Å²) in [7, 11) is 0. The molecule has 2 aliphatic rings. The molecule has 1 saturated heterocycles. The molecule has 0 bridgehead atoms. The van der Waals surface area contributed by atoms with Crippen molar-refractivity contribution in [2.75, 3.05) is 29.9 Å². The van der Waals surface area contributed by atoms with Crippen LogP contribution in [0, 0.1) is 0 Å². The SMILES string of the molecule is O=C(c1cnc2c(c1)N(Cc1ccc(Cl)cc1)C(=O)CN2)N1CC[C@@H](O)C1. The monoisotopic (exact) mass is 386 g/mol. The van der Waals surface area contributed by atoms with E-state index in [1.54, 1.807) is 28.0 Å². The van der Waals surface area contributed by atoms with Crippen LogP contribution in [-0.2, 0) is 11.3 Å². The van der Waals surface area contributed by atoms with E-state index in [0.717, 1.165) is 5.56 Å². The van der Waals surface area contributed by atoms with Crippen LogP contribution in [0.4, 0.5) is 11.5 Å². The Hall–Kier alpha value is -2.64. The number of amides is 2. The highest BCUT2D eigenvalue weighted by atomic mass is 35.5. The number of rotatable bonds is 3. The van der Waals surface area contributed by atoms with E-state index in [2.05, 4.69) is 10.3 Å². The van der Waals surface area contributed by atoms with Crippen LogP contribution >= 0.6 is 11.6 Å². The van der Waals surface area contributed by atoms with E-state index in [9.17, 15) is 14.7 Å². The van der Waals surface area contributed by atoms with Crippen molar-refractivity contribution in [3.63, 3.8) is 0 Å². The number of nitrogens with zero attached hydrogens (tertiary/aromatic N) is 3. The lowest BCUT2D eigenvalue weighted by molar-refractivity contribution is -0.117. The molecule has 7 nitrogen and oxygen atoms in total. The Bertz CT molecular complexity index is 887. The number of aliphatic hydroxyl groups is 1. The van der Waals surface area contributed by atoms with Crippen molar-refractivity contribution in [1.82, 2.24) is 9.88 Å². The molecule has 0 saturated carbocycles. The zero-order chi connectivity index (χ0) is 19.0. The minimum Gasteiger partial charge on any atom is -0.391 e. The quantitative estimate of drug-likeness (QED) is 0.841. The topological polar surface area (TPSA) is 85.8 Å². The smallest absolute Gasteiger partial charge is 0.255 e. The van der Waals surface area contributed by atoms with Gasteiger partial charge in [-0.25, -0.2) is 4.98 Å². The van der Waals surface area contributed by atoms with Crippen LogP contribution in [0.5, 0.6) is 0 Å². The van der Waals surface area contributed by atoms with Crippen molar-refractivity contribution < 1.29 is 14.7 Å². The van der Waals surface area contributed by atoms with Crippen LogP contribution in [0.3, 0.4) is 0 Å². The summed E-state index contributed by atoms with van der Waals surface area (Å²) in [6.45, 7) is 1.36. The van der Waals surface area contributed by atoms with Gasteiger partial charge < -0.3 is 20.2 Å². The lowest BCUT2D eigenvalue weighted by Gasteiger charge is -2.30. The molecule has 27 heavy (non-hydrogen) atoms. The number of halogens is 1. The van der Waals surface area contributed by atoms with Gasteiger partial charge in [0.25, 0.3) is 5.91 Å². The standard InChI is InChI=1S/C19H19ClN4O3/c20-14-3-1-12(2-4-14)10-24-16-7-13(8-21-18(16)22-9-17(24)26)19(27)23-6-5-15(25)11-23/h1-4,7-8,15,25H,5-6,9-11H2,(H,21,22)/t15-/m1/s1. The van der Waals surface area contributed by atoms with Crippen molar-refractivity contribution in [3.05, 3.63) is 52.7 Å². The van der Waals surface area contributed by atoms with Crippen LogP contribution in [0.1, 0.15) is 22.3 Å². The Morgan fingerprint density at radius 1 is 1.33 bits per heavy atom. The van der Waals surface area contributed by atoms with Gasteiger partial charge in [-0.05, 0) is 30.2 Å². The fourth-order valence-corrected chi connectivity index (χ4v) is 3.48. The van der Waals surface area contributed by atoms with Crippen LogP contribution in [0.25, 0.3) is 0 Å². The molecule has 2 N–H and O–H groups in total. The van der Waals surface area contributed by atoms with Gasteiger partial charge in [0.15, 0.2) is 5.82 Å². The number of hydrogen-bond donors (Lipinski definition) is 2. The third-order valence-corrected chi connectivity index (χ3v) is 5.07. The molecule has 1 fully saturated rings. The van der Waals surface area contributed by atoms with Crippen molar-refractivity contribution in [1.29, 1.82) is 0 Å². The predicted molar refractivity (Wildman–Crippen MR) is 102 cm³/mol. The maximum absolute atomic E-state index is 12.7. The number of pyridine rings is 1. The average molecular weight is 387 g/mol. The summed E-state index contributed by atoms with van der Waals surface area (Å²) in [6.07, 6.45) is 1.60. The molecule has 4 rings (SSSR count). The predicted octanol–water partition coefficient (Wildman–Crippen LogP) is 1.90. The first kappa shape index (κ1) is 17.8. The molecule has 140 valence electrons. The Morgan fingerprint density at radius 2 is 2.11 bits per heavy atom. The molecule has 1 aromatic carbocycles. The Kier molecular flexibility index (Phi) is 4.72. The molecular formula is C19H19ClN4O3. The van der Waals surface area contributed by atoms with Gasteiger partial charge in [0.05, 0.1) is 30.4 Å². The first-order valence-corrected chi connectivity index (χ1v) is 9.15. The highest BCUT2D eigenvalue weighted by Crippen LogP contribution is 2.30. The van der Waals surface area contributed by atoms with Gasteiger partial charge in [0.1, 0.15) is 0 Å². The normalized spacial score (nSPS) is 19.0. The fraction of sp³-hybridized carbons (Fsp3) is 0.316. The minimum absolute atomic E-state index is 0.0968. The van der Waals surface area contributed by atoms with E-state index in [-0.39, 0.29) is 18.4 Å². The summed E-state index contributed by atoms with van der Waals surface area (Å²) >= 11 is 5.93. The number of fused-ring (bicyclic) bond motifs is 1. The van der Waals surface area contributed by atoms with Gasteiger partial charge in [-0.1, -0.05) is 23.7 Å². The number of nitrogens with one attached hydrogen (secondary N) is 1. The Morgan fingerprint density at radius 3 is 2.81 bits per heavy atom. The van der Waals surface area contributed by atoms with E-state index >= 15 is 0 Å². The summed E-state index contributed by atoms with van der Waals surface area (Å²) in [5, 5.41) is 13.3. The number of likely N-dealkylation sites (tertiary alicyclic amines) is 1. The second kappa shape index (κ2) is 7.17. The second-order valence-corrected chi connectivity index (χ2v) is 7.18. The molecule has 2 amide bonds. The number of hydrogen-bond acceptors (Lipinski definition) is 5. The van der Waals surface area contributed by atoms with E-state index < -0.39 is 6.10 Å². The summed E-state index contributed by atoms with van der Waals surface area (Å²) in [5.74, 6) is 0.285. The fourth-order valence-electron chi connectivity index (χ4n) is 3.36. The van der Waals surface area contributed by atoms with Gasteiger partial charge in [-0.2, -0.15) is 0 Å². The molecule has 0 spiro atoms. The number of β-amino-alcohol motifs (C(OH)–C–C–N with tert-alkyl or cyclic N) is 1. The number of benzene rings is 1. The van der Waals surface area contributed by atoms with Gasteiger partial charge >= 0.3 is 0 Å². The number of anilines is 2. The number of aliphatic hydroxyl groups excluding tert-OH is 1. The molecule has 2 aromatic rings. The van der Waals surface area contributed by atoms with E-state index in [4.69, 9.17) is 11.6 Å². The lowest BCUT2D eigenvalue weighted by Crippen LogP contribution is -2.40. The molecule has 0 aliphatic carbocycles. The summed E-state index contributed by atoms with van der Waals surface area (Å²) < 4.78 is 0. The first-order chi connectivity index (χ1) is 13.0. The third-order valence-electron chi connectivity index (χ3n) is 4.82. The number of aromatic nitrogens is 1. The Labute approximate surface area is 161 Å². The Balaban J connectivity index is 1.63. The molecular weight excluding hydrogens is 368 g/mol. The van der Waals surface area contributed by atoms with Gasteiger partial charge in [-0.3, -0.25) is 9.59 Å². The third kappa shape index (κ3) is 3.61. The molecule has 0 radical (unpaired) electrons. The zero-order valence-corrected chi connectivity index (χ0v) is 15.3. The molecule has 8 heteroatoms. The molecule has 1 aromatic heterocycles. The van der Waals surface area contributed by atoms with E-state index in [0.29, 0.717) is 48.1 Å². The zero-order valence-electron chi connectivity index (χ0n) is 14.6. The van der Waals surface area contributed by atoms with Gasteiger partial charge in [-0.15, -0.1) is 0 Å². The van der Waals surface area contributed by atoms with Gasteiger partial charge in [0.2, 0.25) is 5.91 Å².